The van der Waals surface area contributed by atoms with Crippen molar-refractivity contribution in [1.29, 1.82) is 0 Å². The molecule has 10 heteroatoms. The van der Waals surface area contributed by atoms with E-state index in [4.69, 9.17) is 15.9 Å². The van der Waals surface area contributed by atoms with Crippen LogP contribution in [0.4, 0.5) is 0 Å². The lowest BCUT2D eigenvalue weighted by atomic mass is 10.1. The van der Waals surface area contributed by atoms with Crippen LogP contribution >= 0.6 is 11.8 Å². The fourth-order valence-electron chi connectivity index (χ4n) is 2.39. The van der Waals surface area contributed by atoms with Gasteiger partial charge in [0.2, 0.25) is 11.8 Å². The van der Waals surface area contributed by atoms with Crippen molar-refractivity contribution in [3.63, 3.8) is 0 Å². The lowest BCUT2D eigenvalue weighted by Crippen LogP contribution is -2.55. The molecule has 0 aromatic heterocycles. The summed E-state index contributed by atoms with van der Waals surface area (Å²) in [4.78, 5) is 46.7. The van der Waals surface area contributed by atoms with Gasteiger partial charge in [0.05, 0.1) is 12.5 Å². The first-order valence-electron chi connectivity index (χ1n) is 8.58. The Balaban J connectivity index is 2.76. The molecule has 0 saturated heterocycles. The number of aliphatic carboxylic acids is 2. The third kappa shape index (κ3) is 8.40. The zero-order chi connectivity index (χ0) is 21.1. The van der Waals surface area contributed by atoms with Gasteiger partial charge >= 0.3 is 11.9 Å². The summed E-state index contributed by atoms with van der Waals surface area (Å²) >= 11 is 1.45. The van der Waals surface area contributed by atoms with Gasteiger partial charge in [-0.3, -0.25) is 14.4 Å². The average molecular weight is 411 g/mol. The van der Waals surface area contributed by atoms with Crippen LogP contribution in [0.3, 0.4) is 0 Å². The number of thioether (sulfide) groups is 1. The third-order valence-corrected chi connectivity index (χ3v) is 4.52. The van der Waals surface area contributed by atoms with Crippen molar-refractivity contribution in [2.75, 3.05) is 12.0 Å². The highest BCUT2D eigenvalue weighted by atomic mass is 32.2. The Bertz CT molecular complexity index is 685. The van der Waals surface area contributed by atoms with Gasteiger partial charge in [-0.05, 0) is 30.4 Å². The Morgan fingerprint density at radius 2 is 1.64 bits per heavy atom. The molecule has 0 unspecified atom stereocenters. The molecule has 1 rings (SSSR count). The molecule has 0 aliphatic rings. The van der Waals surface area contributed by atoms with Crippen LogP contribution in [0.25, 0.3) is 0 Å². The van der Waals surface area contributed by atoms with Crippen molar-refractivity contribution in [3.8, 4) is 0 Å². The molecule has 0 aliphatic carbocycles. The molecule has 1 aromatic rings. The lowest BCUT2D eigenvalue weighted by Gasteiger charge is -2.22. The van der Waals surface area contributed by atoms with Crippen LogP contribution in [0.15, 0.2) is 30.3 Å². The molecule has 0 fully saturated rings. The average Bonchev–Trinajstić information content (AvgIpc) is 2.64. The molecule has 9 nitrogen and oxygen atoms in total. The fraction of sp³-hybridized carbons (Fsp3) is 0.444. The predicted molar refractivity (Wildman–Crippen MR) is 105 cm³/mol. The van der Waals surface area contributed by atoms with Crippen LogP contribution in [0.1, 0.15) is 18.4 Å². The van der Waals surface area contributed by atoms with Gasteiger partial charge in [0.15, 0.2) is 0 Å². The number of hydrogen-bond donors (Lipinski definition) is 5. The molecule has 6 N–H and O–H groups in total. The highest BCUT2D eigenvalue weighted by molar-refractivity contribution is 7.98. The predicted octanol–water partition coefficient (Wildman–Crippen LogP) is -0.162. The van der Waals surface area contributed by atoms with E-state index in [0.29, 0.717) is 5.75 Å². The van der Waals surface area contributed by atoms with E-state index in [1.165, 1.54) is 11.8 Å². The van der Waals surface area contributed by atoms with Crippen molar-refractivity contribution in [2.45, 2.75) is 37.4 Å². The topological polar surface area (TPSA) is 159 Å². The molecule has 2 amide bonds. The normalized spacial score (nSPS) is 13.8. The van der Waals surface area contributed by atoms with Gasteiger partial charge in [-0.15, -0.1) is 0 Å². The minimum Gasteiger partial charge on any atom is -0.481 e. The van der Waals surface area contributed by atoms with Crippen molar-refractivity contribution in [1.82, 2.24) is 10.6 Å². The standard InChI is InChI=1S/C18H25N3O6S/c1-28-8-7-13(17(25)21-14(18(26)27)10-15(22)23)20-16(24)12(19)9-11-5-3-2-4-6-11/h2-6,12-14H,7-10,19H2,1H3,(H,20,24)(H,21,25)(H,22,23)(H,26,27)/t12-,13-,14-/m0/s1. The minimum absolute atomic E-state index is 0.246. The second-order valence-corrected chi connectivity index (χ2v) is 7.12. The molecule has 0 radical (unpaired) electrons. The maximum atomic E-state index is 12.4. The monoisotopic (exact) mass is 411 g/mol. The first-order chi connectivity index (χ1) is 13.2. The van der Waals surface area contributed by atoms with E-state index in [2.05, 4.69) is 10.6 Å². The maximum absolute atomic E-state index is 12.4. The summed E-state index contributed by atoms with van der Waals surface area (Å²) in [6, 6.07) is 5.65. The SMILES string of the molecule is CSCC[C@H](NC(=O)[C@@H](N)Cc1ccccc1)C(=O)N[C@@H](CC(=O)O)C(=O)O. The summed E-state index contributed by atoms with van der Waals surface area (Å²) in [5.74, 6) is -3.60. The summed E-state index contributed by atoms with van der Waals surface area (Å²) in [7, 11) is 0. The Morgan fingerprint density at radius 1 is 1.04 bits per heavy atom. The molecule has 28 heavy (non-hydrogen) atoms. The van der Waals surface area contributed by atoms with Crippen LogP contribution in [-0.2, 0) is 25.6 Å². The number of carboxylic acids is 2. The van der Waals surface area contributed by atoms with Crippen LogP contribution < -0.4 is 16.4 Å². The van der Waals surface area contributed by atoms with E-state index < -0.39 is 48.3 Å². The van der Waals surface area contributed by atoms with Crippen LogP contribution in [-0.4, -0.2) is 64.1 Å². The Morgan fingerprint density at radius 3 is 2.18 bits per heavy atom. The van der Waals surface area contributed by atoms with Crippen LogP contribution in [0, 0.1) is 0 Å². The second-order valence-electron chi connectivity index (χ2n) is 6.14. The summed E-state index contributed by atoms with van der Waals surface area (Å²) < 4.78 is 0. The molecule has 0 aliphatic heterocycles. The third-order valence-electron chi connectivity index (χ3n) is 3.87. The lowest BCUT2D eigenvalue weighted by molar-refractivity contribution is -0.147. The number of nitrogens with two attached hydrogens (primary N) is 1. The number of carbonyl (C=O) groups excluding carboxylic acids is 2. The summed E-state index contributed by atoms with van der Waals surface area (Å²) in [6.07, 6.45) is 1.58. The zero-order valence-electron chi connectivity index (χ0n) is 15.5. The number of hydrogen-bond acceptors (Lipinski definition) is 6. The van der Waals surface area contributed by atoms with E-state index in [9.17, 15) is 19.2 Å². The second kappa shape index (κ2) is 12.0. The Hall–Kier alpha value is -2.59. The number of carboxylic acid groups (broad SMARTS) is 2. The van der Waals surface area contributed by atoms with Gasteiger partial charge in [0.25, 0.3) is 0 Å². The first-order valence-corrected chi connectivity index (χ1v) is 9.97. The van der Waals surface area contributed by atoms with E-state index in [-0.39, 0.29) is 12.8 Å². The molecule has 0 bridgehead atoms. The Kier molecular flexibility index (Phi) is 10.0. The van der Waals surface area contributed by atoms with E-state index in [0.717, 1.165) is 5.56 Å². The van der Waals surface area contributed by atoms with Gasteiger partial charge < -0.3 is 26.6 Å². The smallest absolute Gasteiger partial charge is 0.326 e. The molecule has 3 atom stereocenters. The fourth-order valence-corrected chi connectivity index (χ4v) is 2.86. The largest absolute Gasteiger partial charge is 0.481 e. The van der Waals surface area contributed by atoms with E-state index in [1.807, 2.05) is 36.6 Å². The van der Waals surface area contributed by atoms with Crippen molar-refractivity contribution in [2.24, 2.45) is 5.73 Å². The number of carbonyl (C=O) groups is 4. The van der Waals surface area contributed by atoms with Crippen molar-refractivity contribution >= 4 is 35.5 Å². The molecule has 0 saturated carbocycles. The molecular formula is C18H25N3O6S. The van der Waals surface area contributed by atoms with Gasteiger partial charge in [-0.2, -0.15) is 11.8 Å². The van der Waals surface area contributed by atoms with Crippen molar-refractivity contribution in [3.05, 3.63) is 35.9 Å². The minimum atomic E-state index is -1.59. The Labute approximate surface area is 167 Å². The summed E-state index contributed by atoms with van der Waals surface area (Å²) in [5, 5.41) is 22.6. The summed E-state index contributed by atoms with van der Waals surface area (Å²) in [5.41, 5.74) is 6.78. The first kappa shape index (κ1) is 23.4. The highest BCUT2D eigenvalue weighted by Crippen LogP contribution is 2.06. The number of benzene rings is 1. The van der Waals surface area contributed by atoms with Crippen molar-refractivity contribution < 1.29 is 29.4 Å². The van der Waals surface area contributed by atoms with Gasteiger partial charge in [-0.1, -0.05) is 30.3 Å². The van der Waals surface area contributed by atoms with E-state index >= 15 is 0 Å². The molecule has 0 heterocycles. The van der Waals surface area contributed by atoms with Crippen LogP contribution in [0.5, 0.6) is 0 Å². The van der Waals surface area contributed by atoms with Gasteiger partial charge in [-0.25, -0.2) is 4.79 Å². The number of nitrogens with one attached hydrogen (secondary N) is 2. The molecule has 1 aromatic carbocycles. The number of amides is 2. The van der Waals surface area contributed by atoms with Gasteiger partial charge in [0.1, 0.15) is 12.1 Å². The van der Waals surface area contributed by atoms with E-state index in [1.54, 1.807) is 0 Å². The zero-order valence-corrected chi connectivity index (χ0v) is 16.3. The number of rotatable bonds is 12. The molecule has 154 valence electrons. The van der Waals surface area contributed by atoms with Crippen LogP contribution in [0.2, 0.25) is 0 Å². The summed E-state index contributed by atoms with van der Waals surface area (Å²) in [6.45, 7) is 0. The van der Waals surface area contributed by atoms with Gasteiger partial charge in [0, 0.05) is 0 Å². The maximum Gasteiger partial charge on any atom is 0.326 e. The molecular weight excluding hydrogens is 386 g/mol. The highest BCUT2D eigenvalue weighted by Gasteiger charge is 2.29. The quantitative estimate of drug-likeness (QED) is 0.317. The molecule has 0 spiro atoms.